The molecule has 0 saturated heterocycles. The second kappa shape index (κ2) is 8.40. The summed E-state index contributed by atoms with van der Waals surface area (Å²) in [5.41, 5.74) is 0.842. The highest BCUT2D eigenvalue weighted by Crippen LogP contribution is 2.33. The summed E-state index contributed by atoms with van der Waals surface area (Å²) in [5, 5.41) is 13.9. The largest absolute Gasteiger partial charge is 0.493 e. The number of nitrogens with one attached hydrogen (secondary N) is 1. The molecule has 0 bridgehead atoms. The molecule has 3 aromatic rings. The number of rotatable bonds is 7. The van der Waals surface area contributed by atoms with Crippen molar-refractivity contribution in [2.45, 2.75) is 17.3 Å². The van der Waals surface area contributed by atoms with Gasteiger partial charge in [0, 0.05) is 24.2 Å². The van der Waals surface area contributed by atoms with Crippen LogP contribution in [0.2, 0.25) is 0 Å². The van der Waals surface area contributed by atoms with Crippen molar-refractivity contribution < 1.29 is 14.3 Å². The number of hydrogen-bond donors (Lipinski definition) is 1. The molecule has 8 nitrogen and oxygen atoms in total. The minimum absolute atomic E-state index is 0.134. The van der Waals surface area contributed by atoms with Gasteiger partial charge in [-0.2, -0.15) is 0 Å². The summed E-state index contributed by atoms with van der Waals surface area (Å²) in [4.78, 5) is 16.4. The lowest BCUT2D eigenvalue weighted by molar-refractivity contribution is -0.115. The molecule has 0 unspecified atom stereocenters. The molecule has 3 rings (SSSR count). The molecule has 27 heavy (non-hydrogen) atoms. The van der Waals surface area contributed by atoms with Crippen molar-refractivity contribution >= 4 is 34.1 Å². The molecule has 142 valence electrons. The molecule has 2 aromatic heterocycles. The number of ether oxygens (including phenoxy) is 2. The lowest BCUT2D eigenvalue weighted by Gasteiger charge is -2.11. The van der Waals surface area contributed by atoms with E-state index in [0.29, 0.717) is 27.6 Å². The first-order valence-corrected chi connectivity index (χ1v) is 9.78. The van der Waals surface area contributed by atoms with Crippen LogP contribution in [-0.2, 0) is 11.8 Å². The second-order valence-electron chi connectivity index (χ2n) is 5.52. The third-order valence-electron chi connectivity index (χ3n) is 3.79. The quantitative estimate of drug-likeness (QED) is 0.604. The Hall–Kier alpha value is -2.59. The summed E-state index contributed by atoms with van der Waals surface area (Å²) >= 11 is 2.71. The van der Waals surface area contributed by atoms with Gasteiger partial charge in [-0.05, 0) is 25.1 Å². The maximum absolute atomic E-state index is 12.3. The van der Waals surface area contributed by atoms with Gasteiger partial charge in [0.05, 0.1) is 19.5 Å². The second-order valence-corrected chi connectivity index (χ2v) is 7.72. The van der Waals surface area contributed by atoms with Crippen molar-refractivity contribution in [2.24, 2.45) is 7.05 Å². The van der Waals surface area contributed by atoms with E-state index in [9.17, 15) is 4.79 Å². The van der Waals surface area contributed by atoms with Crippen LogP contribution in [0.3, 0.4) is 0 Å². The van der Waals surface area contributed by atoms with Crippen molar-refractivity contribution in [3.8, 4) is 22.9 Å². The predicted molar refractivity (Wildman–Crippen MR) is 106 cm³/mol. The number of aromatic nitrogens is 4. The molecule has 0 spiro atoms. The SMILES string of the molecule is COc1ccc(-c2nnc(S[C@@H](C)C(=O)Nc3nccs3)n2C)cc1OC. The monoisotopic (exact) mass is 405 g/mol. The van der Waals surface area contributed by atoms with Gasteiger partial charge in [0.2, 0.25) is 5.91 Å². The van der Waals surface area contributed by atoms with Crippen molar-refractivity contribution in [3.05, 3.63) is 29.8 Å². The van der Waals surface area contributed by atoms with E-state index in [1.54, 1.807) is 20.4 Å². The number of amides is 1. The van der Waals surface area contributed by atoms with Gasteiger partial charge >= 0.3 is 0 Å². The van der Waals surface area contributed by atoms with Gasteiger partial charge in [0.1, 0.15) is 0 Å². The molecule has 0 radical (unpaired) electrons. The van der Waals surface area contributed by atoms with Gasteiger partial charge in [-0.25, -0.2) is 4.98 Å². The molecular formula is C17H19N5O3S2. The number of carbonyl (C=O) groups is 1. The molecule has 0 aliphatic heterocycles. The summed E-state index contributed by atoms with van der Waals surface area (Å²) in [6.45, 7) is 1.82. The smallest absolute Gasteiger partial charge is 0.239 e. The molecule has 1 atom stereocenters. The maximum atomic E-state index is 12.3. The van der Waals surface area contributed by atoms with Gasteiger partial charge in [-0.1, -0.05) is 11.8 Å². The summed E-state index contributed by atoms with van der Waals surface area (Å²) < 4.78 is 12.5. The fourth-order valence-electron chi connectivity index (χ4n) is 2.35. The van der Waals surface area contributed by atoms with Crippen LogP contribution in [0.15, 0.2) is 34.9 Å². The highest BCUT2D eigenvalue weighted by molar-refractivity contribution is 8.00. The van der Waals surface area contributed by atoms with Crippen LogP contribution < -0.4 is 14.8 Å². The number of thiazole rings is 1. The molecule has 2 heterocycles. The van der Waals surface area contributed by atoms with Crippen molar-refractivity contribution in [1.82, 2.24) is 19.7 Å². The Kier molecular flexibility index (Phi) is 5.97. The zero-order chi connectivity index (χ0) is 19.4. The van der Waals surface area contributed by atoms with Crippen LogP contribution in [-0.4, -0.2) is 45.1 Å². The summed E-state index contributed by atoms with van der Waals surface area (Å²) in [5.74, 6) is 1.80. The molecule has 1 N–H and O–H groups in total. The molecule has 1 aromatic carbocycles. The highest BCUT2D eigenvalue weighted by Gasteiger charge is 2.20. The third kappa shape index (κ3) is 4.22. The minimum atomic E-state index is -0.352. The normalized spacial score (nSPS) is 11.9. The third-order valence-corrected chi connectivity index (χ3v) is 5.61. The first kappa shape index (κ1) is 19.2. The summed E-state index contributed by atoms with van der Waals surface area (Å²) in [6.07, 6.45) is 1.65. The fraction of sp³-hybridized carbons (Fsp3) is 0.294. The summed E-state index contributed by atoms with van der Waals surface area (Å²) in [6, 6.07) is 5.55. The van der Waals surface area contributed by atoms with Crippen LogP contribution in [0.1, 0.15) is 6.92 Å². The van der Waals surface area contributed by atoms with Crippen molar-refractivity contribution in [2.75, 3.05) is 19.5 Å². The van der Waals surface area contributed by atoms with Crippen LogP contribution in [0.4, 0.5) is 5.13 Å². The number of anilines is 1. The van der Waals surface area contributed by atoms with E-state index in [1.165, 1.54) is 23.1 Å². The Bertz CT molecular complexity index is 927. The Labute approximate surface area is 164 Å². The molecular weight excluding hydrogens is 386 g/mol. The average molecular weight is 406 g/mol. The van der Waals surface area contributed by atoms with E-state index in [4.69, 9.17) is 9.47 Å². The van der Waals surface area contributed by atoms with Crippen LogP contribution >= 0.6 is 23.1 Å². The van der Waals surface area contributed by atoms with Gasteiger partial charge < -0.3 is 19.4 Å². The van der Waals surface area contributed by atoms with Crippen molar-refractivity contribution in [1.29, 1.82) is 0 Å². The topological polar surface area (TPSA) is 91.2 Å². The standard InChI is InChI=1S/C17H19N5O3S2/c1-10(15(23)19-16-18-7-8-26-16)27-17-21-20-14(22(17)2)11-5-6-12(24-3)13(9-11)25-4/h5-10H,1-4H3,(H,18,19,23)/t10-/m0/s1. The Morgan fingerprint density at radius 1 is 1.26 bits per heavy atom. The average Bonchev–Trinajstić information content (AvgIpc) is 3.31. The first-order valence-electron chi connectivity index (χ1n) is 8.02. The van der Waals surface area contributed by atoms with Crippen LogP contribution in [0, 0.1) is 0 Å². The number of hydrogen-bond acceptors (Lipinski definition) is 8. The first-order chi connectivity index (χ1) is 13.0. The van der Waals surface area contributed by atoms with E-state index in [1.807, 2.05) is 42.1 Å². The molecule has 0 fully saturated rings. The number of nitrogens with zero attached hydrogens (tertiary/aromatic N) is 4. The zero-order valence-corrected chi connectivity index (χ0v) is 16.9. The van der Waals surface area contributed by atoms with E-state index in [2.05, 4.69) is 20.5 Å². The minimum Gasteiger partial charge on any atom is -0.493 e. The lowest BCUT2D eigenvalue weighted by Crippen LogP contribution is -2.22. The molecule has 1 amide bonds. The molecule has 10 heteroatoms. The van der Waals surface area contributed by atoms with Gasteiger partial charge in [0.25, 0.3) is 0 Å². The maximum Gasteiger partial charge on any atom is 0.239 e. The Morgan fingerprint density at radius 3 is 2.70 bits per heavy atom. The summed E-state index contributed by atoms with van der Waals surface area (Å²) in [7, 11) is 5.04. The molecule has 0 aliphatic carbocycles. The molecule has 0 aliphatic rings. The predicted octanol–water partition coefficient (Wildman–Crippen LogP) is 3.08. The van der Waals surface area contributed by atoms with Crippen molar-refractivity contribution in [3.63, 3.8) is 0 Å². The fourth-order valence-corrected chi connectivity index (χ4v) is 3.69. The Balaban J connectivity index is 1.76. The highest BCUT2D eigenvalue weighted by atomic mass is 32.2. The van der Waals surface area contributed by atoms with E-state index in [-0.39, 0.29) is 11.2 Å². The van der Waals surface area contributed by atoms with E-state index >= 15 is 0 Å². The number of thioether (sulfide) groups is 1. The van der Waals surface area contributed by atoms with Gasteiger partial charge in [-0.15, -0.1) is 21.5 Å². The number of methoxy groups -OCH3 is 2. The zero-order valence-electron chi connectivity index (χ0n) is 15.3. The lowest BCUT2D eigenvalue weighted by atomic mass is 10.2. The van der Waals surface area contributed by atoms with Crippen LogP contribution in [0.25, 0.3) is 11.4 Å². The van der Waals surface area contributed by atoms with E-state index in [0.717, 1.165) is 5.56 Å². The molecule has 0 saturated carbocycles. The van der Waals surface area contributed by atoms with Gasteiger partial charge in [0.15, 0.2) is 27.6 Å². The number of carbonyl (C=O) groups excluding carboxylic acids is 1. The Morgan fingerprint density at radius 2 is 2.04 bits per heavy atom. The number of benzene rings is 1. The van der Waals surface area contributed by atoms with Gasteiger partial charge in [-0.3, -0.25) is 4.79 Å². The van der Waals surface area contributed by atoms with Crippen LogP contribution in [0.5, 0.6) is 11.5 Å². The van der Waals surface area contributed by atoms with E-state index < -0.39 is 0 Å².